The lowest BCUT2D eigenvalue weighted by Gasteiger charge is -2.13. The fourth-order valence-corrected chi connectivity index (χ4v) is 1.98. The van der Waals surface area contributed by atoms with Crippen LogP contribution in [0.1, 0.15) is 11.1 Å². The lowest BCUT2D eigenvalue weighted by molar-refractivity contribution is 0.445. The van der Waals surface area contributed by atoms with Crippen molar-refractivity contribution in [1.82, 2.24) is 0 Å². The van der Waals surface area contributed by atoms with Crippen molar-refractivity contribution in [3.63, 3.8) is 0 Å². The van der Waals surface area contributed by atoms with Gasteiger partial charge in [0.1, 0.15) is 17.2 Å². The Balaban J connectivity index is 2.75. The normalized spacial score (nSPS) is 10.5. The number of benzene rings is 2. The van der Waals surface area contributed by atoms with E-state index >= 15 is 0 Å². The van der Waals surface area contributed by atoms with E-state index < -0.39 is 0 Å². The molecule has 0 radical (unpaired) electrons. The van der Waals surface area contributed by atoms with Gasteiger partial charge in [-0.3, -0.25) is 0 Å². The number of phenolic OH excluding ortho intramolecular Hbond substituents is 3. The highest BCUT2D eigenvalue weighted by molar-refractivity contribution is 5.76. The van der Waals surface area contributed by atoms with Crippen LogP contribution in [0.15, 0.2) is 30.3 Å². The van der Waals surface area contributed by atoms with Crippen LogP contribution in [-0.4, -0.2) is 15.3 Å². The smallest absolute Gasteiger partial charge is 0.122 e. The van der Waals surface area contributed by atoms with E-state index in [9.17, 15) is 15.3 Å². The number of aromatic hydroxyl groups is 3. The van der Waals surface area contributed by atoms with Crippen molar-refractivity contribution in [3.8, 4) is 28.4 Å². The highest BCUT2D eigenvalue weighted by atomic mass is 16.3. The molecular formula is C14H14O3. The Bertz CT molecular complexity index is 548. The van der Waals surface area contributed by atoms with E-state index in [1.54, 1.807) is 32.0 Å². The second-order valence-electron chi connectivity index (χ2n) is 4.09. The van der Waals surface area contributed by atoms with Crippen molar-refractivity contribution in [2.75, 3.05) is 0 Å². The van der Waals surface area contributed by atoms with Crippen LogP contribution in [-0.2, 0) is 0 Å². The Morgan fingerprint density at radius 1 is 0.824 bits per heavy atom. The standard InChI is InChI=1S/C14H14O3/c1-8-12(16)7-13(17)9(2)14(8)10-4-3-5-11(15)6-10/h3-7,15-17H,1-2H3. The largest absolute Gasteiger partial charge is 0.508 e. The summed E-state index contributed by atoms with van der Waals surface area (Å²) in [6.45, 7) is 3.56. The summed E-state index contributed by atoms with van der Waals surface area (Å²) in [7, 11) is 0. The summed E-state index contributed by atoms with van der Waals surface area (Å²) in [5.41, 5.74) is 2.89. The predicted octanol–water partition coefficient (Wildman–Crippen LogP) is 3.09. The predicted molar refractivity (Wildman–Crippen MR) is 66.3 cm³/mol. The molecule has 0 unspecified atom stereocenters. The van der Waals surface area contributed by atoms with E-state index in [2.05, 4.69) is 0 Å². The molecule has 0 aliphatic carbocycles. The fraction of sp³-hybridized carbons (Fsp3) is 0.143. The fourth-order valence-electron chi connectivity index (χ4n) is 1.98. The van der Waals surface area contributed by atoms with Gasteiger partial charge >= 0.3 is 0 Å². The monoisotopic (exact) mass is 230 g/mol. The third kappa shape index (κ3) is 1.91. The van der Waals surface area contributed by atoms with Crippen LogP contribution in [0.2, 0.25) is 0 Å². The van der Waals surface area contributed by atoms with Gasteiger partial charge in [-0.1, -0.05) is 12.1 Å². The van der Waals surface area contributed by atoms with E-state index in [1.165, 1.54) is 6.07 Å². The summed E-state index contributed by atoms with van der Waals surface area (Å²) < 4.78 is 0. The van der Waals surface area contributed by atoms with Crippen LogP contribution in [0.4, 0.5) is 0 Å². The summed E-state index contributed by atoms with van der Waals surface area (Å²) in [5.74, 6) is 0.252. The first-order chi connectivity index (χ1) is 8.00. The van der Waals surface area contributed by atoms with Gasteiger partial charge in [0.25, 0.3) is 0 Å². The maximum atomic E-state index is 9.71. The Kier molecular flexibility index (Phi) is 2.68. The van der Waals surface area contributed by atoms with Crippen LogP contribution >= 0.6 is 0 Å². The molecule has 0 fully saturated rings. The van der Waals surface area contributed by atoms with Gasteiger partial charge in [0.15, 0.2) is 0 Å². The minimum Gasteiger partial charge on any atom is -0.508 e. The lowest BCUT2D eigenvalue weighted by Crippen LogP contribution is -1.89. The molecule has 0 amide bonds. The average Bonchev–Trinajstić information content (AvgIpc) is 2.27. The maximum absolute atomic E-state index is 9.71. The summed E-state index contributed by atoms with van der Waals surface area (Å²) in [6, 6.07) is 8.07. The lowest BCUT2D eigenvalue weighted by atomic mass is 9.94. The van der Waals surface area contributed by atoms with Crippen LogP contribution in [0.5, 0.6) is 17.2 Å². The Morgan fingerprint density at radius 2 is 1.41 bits per heavy atom. The van der Waals surface area contributed by atoms with E-state index in [1.807, 2.05) is 6.07 Å². The van der Waals surface area contributed by atoms with Crippen molar-refractivity contribution >= 4 is 0 Å². The van der Waals surface area contributed by atoms with Crippen LogP contribution in [0.3, 0.4) is 0 Å². The van der Waals surface area contributed by atoms with Crippen LogP contribution < -0.4 is 0 Å². The third-order valence-electron chi connectivity index (χ3n) is 2.93. The van der Waals surface area contributed by atoms with Crippen molar-refractivity contribution in [1.29, 1.82) is 0 Å². The van der Waals surface area contributed by atoms with E-state index in [4.69, 9.17) is 0 Å². The van der Waals surface area contributed by atoms with Gasteiger partial charge in [0, 0.05) is 6.07 Å². The minimum absolute atomic E-state index is 0.0476. The molecule has 2 aromatic rings. The SMILES string of the molecule is Cc1c(O)cc(O)c(C)c1-c1cccc(O)c1. The molecule has 0 aliphatic heterocycles. The molecule has 0 spiro atoms. The molecule has 2 rings (SSSR count). The zero-order valence-corrected chi connectivity index (χ0v) is 9.73. The van der Waals surface area contributed by atoms with Crippen molar-refractivity contribution in [2.45, 2.75) is 13.8 Å². The topological polar surface area (TPSA) is 60.7 Å². The number of rotatable bonds is 1. The molecule has 88 valence electrons. The van der Waals surface area contributed by atoms with Crippen molar-refractivity contribution in [2.24, 2.45) is 0 Å². The van der Waals surface area contributed by atoms with Crippen LogP contribution in [0, 0.1) is 13.8 Å². The molecule has 17 heavy (non-hydrogen) atoms. The highest BCUT2D eigenvalue weighted by Gasteiger charge is 2.13. The zero-order chi connectivity index (χ0) is 12.6. The summed E-state index contributed by atoms with van der Waals surface area (Å²) in [4.78, 5) is 0. The van der Waals surface area contributed by atoms with E-state index in [0.717, 1.165) is 11.1 Å². The number of hydrogen-bond acceptors (Lipinski definition) is 3. The molecular weight excluding hydrogens is 216 g/mol. The van der Waals surface area contributed by atoms with Crippen LogP contribution in [0.25, 0.3) is 11.1 Å². The van der Waals surface area contributed by atoms with Gasteiger partial charge in [-0.2, -0.15) is 0 Å². The number of hydrogen-bond donors (Lipinski definition) is 3. The first-order valence-electron chi connectivity index (χ1n) is 5.32. The molecule has 0 heterocycles. The van der Waals surface area contributed by atoms with Crippen molar-refractivity contribution in [3.05, 3.63) is 41.5 Å². The maximum Gasteiger partial charge on any atom is 0.122 e. The Hall–Kier alpha value is -2.16. The Labute approximate surface area is 99.6 Å². The summed E-state index contributed by atoms with van der Waals surface area (Å²) in [5, 5.41) is 28.9. The molecule has 0 aliphatic rings. The minimum atomic E-state index is 0.0476. The molecule has 3 nitrogen and oxygen atoms in total. The molecule has 0 aromatic heterocycles. The van der Waals surface area contributed by atoms with Gasteiger partial charge in [-0.05, 0) is 48.2 Å². The van der Waals surface area contributed by atoms with E-state index in [0.29, 0.717) is 11.1 Å². The molecule has 0 saturated heterocycles. The molecule has 3 heteroatoms. The summed E-state index contributed by atoms with van der Waals surface area (Å²) in [6.07, 6.45) is 0. The number of phenols is 3. The van der Waals surface area contributed by atoms with Crippen molar-refractivity contribution < 1.29 is 15.3 Å². The van der Waals surface area contributed by atoms with Gasteiger partial charge in [0.2, 0.25) is 0 Å². The second kappa shape index (κ2) is 4.01. The molecule has 0 bridgehead atoms. The quantitative estimate of drug-likeness (QED) is 0.705. The molecule has 2 aromatic carbocycles. The molecule has 0 saturated carbocycles. The van der Waals surface area contributed by atoms with Gasteiger partial charge in [-0.15, -0.1) is 0 Å². The Morgan fingerprint density at radius 3 is 1.94 bits per heavy atom. The molecule has 0 atom stereocenters. The average molecular weight is 230 g/mol. The molecule has 3 N–H and O–H groups in total. The van der Waals surface area contributed by atoms with Gasteiger partial charge in [0.05, 0.1) is 0 Å². The second-order valence-corrected chi connectivity index (χ2v) is 4.09. The summed E-state index contributed by atoms with van der Waals surface area (Å²) >= 11 is 0. The highest BCUT2D eigenvalue weighted by Crippen LogP contribution is 2.38. The van der Waals surface area contributed by atoms with Gasteiger partial charge < -0.3 is 15.3 Å². The third-order valence-corrected chi connectivity index (χ3v) is 2.93. The first kappa shape index (κ1) is 11.3. The van der Waals surface area contributed by atoms with Gasteiger partial charge in [-0.25, -0.2) is 0 Å². The van der Waals surface area contributed by atoms with E-state index in [-0.39, 0.29) is 17.2 Å². The zero-order valence-electron chi connectivity index (χ0n) is 9.73. The first-order valence-corrected chi connectivity index (χ1v) is 5.32.